The Bertz CT molecular complexity index is 99.1. The summed E-state index contributed by atoms with van der Waals surface area (Å²) < 4.78 is 8.56. The number of hydrogen-bond donors (Lipinski definition) is 1. The van der Waals surface area contributed by atoms with Crippen LogP contribution in [0.15, 0.2) is 12.7 Å². The second-order valence-corrected chi connectivity index (χ2v) is 1.12. The molecule has 0 aromatic rings. The van der Waals surface area contributed by atoms with Crippen molar-refractivity contribution in [2.24, 2.45) is 0 Å². The number of aliphatic hydroxyl groups excluding tert-OH is 1. The lowest BCUT2D eigenvalue weighted by molar-refractivity contribution is -0.157. The van der Waals surface area contributed by atoms with Crippen LogP contribution in [0.3, 0.4) is 0 Å². The molecule has 0 aliphatic rings. The zero-order valence-electron chi connectivity index (χ0n) is 4.87. The summed E-state index contributed by atoms with van der Waals surface area (Å²) in [7, 11) is 0. The topological polar surface area (TPSA) is 55.8 Å². The van der Waals surface area contributed by atoms with E-state index in [-0.39, 0.29) is 6.79 Å². The van der Waals surface area contributed by atoms with Gasteiger partial charge < -0.3 is 14.6 Å². The first-order valence-electron chi connectivity index (χ1n) is 2.29. The van der Waals surface area contributed by atoms with Gasteiger partial charge in [-0.3, -0.25) is 0 Å². The molecule has 0 aliphatic heterocycles. The summed E-state index contributed by atoms with van der Waals surface area (Å²) in [6.07, 6.45) is 1.01. The summed E-state index contributed by atoms with van der Waals surface area (Å²) in [5.74, 6) is -0.566. The van der Waals surface area contributed by atoms with Crippen molar-refractivity contribution >= 4 is 5.97 Å². The van der Waals surface area contributed by atoms with Gasteiger partial charge in [-0.15, -0.1) is 0 Å². The molecular formula is C5H8O4. The van der Waals surface area contributed by atoms with Crippen LogP contribution in [0.2, 0.25) is 0 Å². The van der Waals surface area contributed by atoms with Gasteiger partial charge in [-0.25, -0.2) is 4.79 Å². The molecule has 0 aromatic carbocycles. The third kappa shape index (κ3) is 4.99. The minimum Gasteiger partial charge on any atom is -0.435 e. The van der Waals surface area contributed by atoms with Crippen LogP contribution in [0.5, 0.6) is 0 Å². The maximum atomic E-state index is 10.2. The summed E-state index contributed by atoms with van der Waals surface area (Å²) in [6, 6.07) is 0. The molecule has 4 heteroatoms. The molecule has 0 fully saturated rings. The molecule has 4 nitrogen and oxygen atoms in total. The number of esters is 1. The number of rotatable bonds is 4. The van der Waals surface area contributed by atoms with Crippen molar-refractivity contribution in [1.82, 2.24) is 0 Å². The van der Waals surface area contributed by atoms with Crippen LogP contribution in [-0.4, -0.2) is 24.7 Å². The molecular weight excluding hydrogens is 124 g/mol. The summed E-state index contributed by atoms with van der Waals surface area (Å²) in [6.45, 7) is 2.46. The number of ether oxygens (including phenoxy) is 2. The van der Waals surface area contributed by atoms with Crippen molar-refractivity contribution in [2.75, 3.05) is 13.6 Å². The molecule has 52 valence electrons. The van der Waals surface area contributed by atoms with Crippen LogP contribution in [0.4, 0.5) is 0 Å². The molecule has 9 heavy (non-hydrogen) atoms. The molecule has 0 heterocycles. The van der Waals surface area contributed by atoms with E-state index in [1.165, 1.54) is 0 Å². The van der Waals surface area contributed by atoms with Crippen molar-refractivity contribution in [1.29, 1.82) is 0 Å². The van der Waals surface area contributed by atoms with Crippen molar-refractivity contribution in [3.8, 4) is 0 Å². The maximum absolute atomic E-state index is 10.2. The highest BCUT2D eigenvalue weighted by atomic mass is 16.7. The predicted molar refractivity (Wildman–Crippen MR) is 29.3 cm³/mol. The highest BCUT2D eigenvalue weighted by Gasteiger charge is 1.91. The maximum Gasteiger partial charge on any atom is 0.332 e. The molecule has 0 rings (SSSR count). The van der Waals surface area contributed by atoms with Crippen molar-refractivity contribution in [3.05, 3.63) is 12.7 Å². The molecule has 1 N–H and O–H groups in total. The fourth-order valence-corrected chi connectivity index (χ4v) is 0.196. The van der Waals surface area contributed by atoms with Gasteiger partial charge in [-0.2, -0.15) is 0 Å². The van der Waals surface area contributed by atoms with Gasteiger partial charge in [0.1, 0.15) is 6.79 Å². The van der Waals surface area contributed by atoms with Crippen LogP contribution < -0.4 is 0 Å². The van der Waals surface area contributed by atoms with Crippen LogP contribution in [0.1, 0.15) is 0 Å². The van der Waals surface area contributed by atoms with Gasteiger partial charge >= 0.3 is 5.97 Å². The van der Waals surface area contributed by atoms with E-state index in [1.54, 1.807) is 0 Å². The Labute approximate surface area is 52.7 Å². The van der Waals surface area contributed by atoms with E-state index < -0.39 is 12.8 Å². The van der Waals surface area contributed by atoms with Gasteiger partial charge in [0.2, 0.25) is 0 Å². The average Bonchev–Trinajstić information content (AvgIpc) is 1.89. The largest absolute Gasteiger partial charge is 0.435 e. The Morgan fingerprint density at radius 1 is 1.78 bits per heavy atom. The standard InChI is InChI=1S/C5H8O4/c1-2-5(7)9-4-8-3-6/h2,6H,1,3-4H2. The molecule has 0 atom stereocenters. The van der Waals surface area contributed by atoms with Gasteiger partial charge in [-0.05, 0) is 0 Å². The minimum atomic E-state index is -0.566. The zero-order chi connectivity index (χ0) is 7.11. The third-order valence-corrected chi connectivity index (χ3v) is 0.542. The van der Waals surface area contributed by atoms with Crippen molar-refractivity contribution in [3.63, 3.8) is 0 Å². The van der Waals surface area contributed by atoms with Crippen LogP contribution in [0, 0.1) is 0 Å². The fourth-order valence-electron chi connectivity index (χ4n) is 0.196. The van der Waals surface area contributed by atoms with E-state index in [9.17, 15) is 4.79 Å². The molecule has 0 aromatic heterocycles. The smallest absolute Gasteiger partial charge is 0.332 e. The minimum absolute atomic E-state index is 0.235. The van der Waals surface area contributed by atoms with E-state index in [4.69, 9.17) is 5.11 Å². The number of carbonyl (C=O) groups is 1. The Balaban J connectivity index is 3.07. The monoisotopic (exact) mass is 132 g/mol. The summed E-state index contributed by atoms with van der Waals surface area (Å²) in [5.41, 5.74) is 0. The molecule has 0 unspecified atom stereocenters. The highest BCUT2D eigenvalue weighted by Crippen LogP contribution is 1.78. The van der Waals surface area contributed by atoms with Gasteiger partial charge in [-0.1, -0.05) is 6.58 Å². The lowest BCUT2D eigenvalue weighted by Gasteiger charge is -1.98. The fraction of sp³-hybridized carbons (Fsp3) is 0.400. The van der Waals surface area contributed by atoms with E-state index in [0.717, 1.165) is 6.08 Å². The average molecular weight is 132 g/mol. The lowest BCUT2D eigenvalue weighted by atomic mass is 10.7. The summed E-state index contributed by atoms with van der Waals surface area (Å²) in [5, 5.41) is 8.01. The zero-order valence-corrected chi connectivity index (χ0v) is 4.87. The highest BCUT2D eigenvalue weighted by molar-refractivity contribution is 5.81. The predicted octanol–water partition coefficient (Wildman–Crippen LogP) is -0.361. The normalized spacial score (nSPS) is 8.56. The van der Waals surface area contributed by atoms with Gasteiger partial charge in [0.15, 0.2) is 6.79 Å². The van der Waals surface area contributed by atoms with Crippen molar-refractivity contribution in [2.45, 2.75) is 0 Å². The number of hydrogen-bond acceptors (Lipinski definition) is 4. The Hall–Kier alpha value is -0.870. The van der Waals surface area contributed by atoms with Gasteiger partial charge in [0.25, 0.3) is 0 Å². The summed E-state index contributed by atoms with van der Waals surface area (Å²) in [4.78, 5) is 10.2. The van der Waals surface area contributed by atoms with Crippen LogP contribution >= 0.6 is 0 Å². The second kappa shape index (κ2) is 5.27. The van der Waals surface area contributed by atoms with Crippen LogP contribution in [0.25, 0.3) is 0 Å². The van der Waals surface area contributed by atoms with Crippen molar-refractivity contribution < 1.29 is 19.4 Å². The molecule has 0 spiro atoms. The SMILES string of the molecule is C=CC(=O)OCOCO. The quantitative estimate of drug-likeness (QED) is 0.245. The molecule has 0 radical (unpaired) electrons. The van der Waals surface area contributed by atoms with E-state index in [1.807, 2.05) is 0 Å². The Morgan fingerprint density at radius 3 is 2.89 bits per heavy atom. The first kappa shape index (κ1) is 8.13. The first-order chi connectivity index (χ1) is 4.31. The Kier molecular flexibility index (Phi) is 4.76. The Morgan fingerprint density at radius 2 is 2.44 bits per heavy atom. The molecule has 0 bridgehead atoms. The van der Waals surface area contributed by atoms with E-state index >= 15 is 0 Å². The molecule has 0 saturated carbocycles. The third-order valence-electron chi connectivity index (χ3n) is 0.542. The van der Waals surface area contributed by atoms with Gasteiger partial charge in [0.05, 0.1) is 0 Å². The first-order valence-corrected chi connectivity index (χ1v) is 2.29. The molecule has 0 amide bonds. The van der Waals surface area contributed by atoms with E-state index in [0.29, 0.717) is 0 Å². The molecule has 0 saturated heterocycles. The van der Waals surface area contributed by atoms with Gasteiger partial charge in [0, 0.05) is 6.08 Å². The van der Waals surface area contributed by atoms with Crippen LogP contribution in [-0.2, 0) is 14.3 Å². The lowest BCUT2D eigenvalue weighted by Crippen LogP contribution is -2.05. The summed E-state index contributed by atoms with van der Waals surface area (Å²) >= 11 is 0. The number of carbonyl (C=O) groups excluding carboxylic acids is 1. The van der Waals surface area contributed by atoms with E-state index in [2.05, 4.69) is 16.1 Å². The molecule has 0 aliphatic carbocycles. The second-order valence-electron chi connectivity index (χ2n) is 1.12. The number of aliphatic hydroxyl groups is 1.